The van der Waals surface area contributed by atoms with Crippen LogP contribution >= 0.6 is 11.8 Å². The predicted molar refractivity (Wildman–Crippen MR) is 43.9 cm³/mol. The number of thioether (sulfide) groups is 1. The molecule has 1 saturated carbocycles. The third-order valence-electron chi connectivity index (χ3n) is 1.82. The van der Waals surface area contributed by atoms with Gasteiger partial charge in [0.25, 0.3) is 0 Å². The minimum Gasteiger partial charge on any atom is -0.336 e. The highest BCUT2D eigenvalue weighted by Crippen LogP contribution is 2.38. The van der Waals surface area contributed by atoms with Crippen LogP contribution in [0.1, 0.15) is 24.6 Å². The average molecular weight is 170 g/mol. The number of hydrogen-bond donors (Lipinski definition) is 1. The summed E-state index contributed by atoms with van der Waals surface area (Å²) in [7, 11) is 0. The lowest BCUT2D eigenvalue weighted by Crippen LogP contribution is -2.12. The lowest BCUT2D eigenvalue weighted by Gasteiger charge is -1.98. The minimum absolute atomic E-state index is 0.577. The summed E-state index contributed by atoms with van der Waals surface area (Å²) in [6.07, 6.45) is 4.37. The molecule has 0 unspecified atom stereocenters. The zero-order valence-electron chi connectivity index (χ0n) is 6.32. The topological polar surface area (TPSA) is 56.7 Å². The van der Waals surface area contributed by atoms with Crippen LogP contribution < -0.4 is 5.84 Å². The van der Waals surface area contributed by atoms with Crippen LogP contribution in [0.4, 0.5) is 0 Å². The summed E-state index contributed by atoms with van der Waals surface area (Å²) in [6, 6.07) is 0. The Kier molecular flexibility index (Phi) is 1.52. The molecule has 0 bridgehead atoms. The van der Waals surface area contributed by atoms with Gasteiger partial charge in [0.15, 0.2) is 5.82 Å². The first-order chi connectivity index (χ1) is 5.33. The molecule has 0 saturated heterocycles. The van der Waals surface area contributed by atoms with Crippen LogP contribution in [0.5, 0.6) is 0 Å². The first-order valence-corrected chi connectivity index (χ1v) is 4.79. The van der Waals surface area contributed by atoms with Crippen molar-refractivity contribution in [1.29, 1.82) is 0 Å². The van der Waals surface area contributed by atoms with Crippen molar-refractivity contribution < 1.29 is 0 Å². The molecular formula is C6H10N4S. The number of nitrogens with zero attached hydrogens (tertiary/aromatic N) is 3. The Morgan fingerprint density at radius 2 is 2.27 bits per heavy atom. The number of hydrogen-bond acceptors (Lipinski definition) is 4. The van der Waals surface area contributed by atoms with Crippen molar-refractivity contribution in [3.63, 3.8) is 0 Å². The van der Waals surface area contributed by atoms with Gasteiger partial charge in [-0.1, -0.05) is 11.8 Å². The minimum atomic E-state index is 0.577. The van der Waals surface area contributed by atoms with Gasteiger partial charge >= 0.3 is 0 Å². The fourth-order valence-corrected chi connectivity index (χ4v) is 1.46. The van der Waals surface area contributed by atoms with Crippen LogP contribution in [-0.4, -0.2) is 21.1 Å². The van der Waals surface area contributed by atoms with E-state index >= 15 is 0 Å². The van der Waals surface area contributed by atoms with Gasteiger partial charge in [-0.05, 0) is 19.1 Å². The van der Waals surface area contributed by atoms with E-state index in [0.717, 1.165) is 11.0 Å². The maximum Gasteiger partial charge on any atom is 0.209 e. The van der Waals surface area contributed by atoms with Crippen LogP contribution in [0.25, 0.3) is 0 Å². The Hall–Kier alpha value is -0.710. The van der Waals surface area contributed by atoms with Crippen LogP contribution in [0.2, 0.25) is 0 Å². The quantitative estimate of drug-likeness (QED) is 0.521. The molecule has 4 nitrogen and oxygen atoms in total. The van der Waals surface area contributed by atoms with Gasteiger partial charge in [-0.25, -0.2) is 4.68 Å². The Morgan fingerprint density at radius 1 is 1.55 bits per heavy atom. The lowest BCUT2D eigenvalue weighted by molar-refractivity contribution is 0.791. The second-order valence-corrected chi connectivity index (χ2v) is 3.46. The SMILES string of the molecule is CSc1nnc(C2CC2)n1N. The Labute approximate surface area is 69.1 Å². The normalized spacial score (nSPS) is 17.2. The molecule has 2 N–H and O–H groups in total. The second-order valence-electron chi connectivity index (χ2n) is 2.69. The first-order valence-electron chi connectivity index (χ1n) is 3.57. The standard InChI is InChI=1S/C6H10N4S/c1-11-6-9-8-5(10(6)7)4-2-3-4/h4H,2-3,7H2,1H3. The van der Waals surface area contributed by atoms with Crippen molar-refractivity contribution in [1.82, 2.24) is 14.9 Å². The molecule has 0 amide bonds. The molecule has 0 radical (unpaired) electrons. The summed E-state index contributed by atoms with van der Waals surface area (Å²) in [5.41, 5.74) is 0. The van der Waals surface area contributed by atoms with Gasteiger partial charge < -0.3 is 5.84 Å². The van der Waals surface area contributed by atoms with E-state index in [2.05, 4.69) is 10.2 Å². The molecular weight excluding hydrogens is 160 g/mol. The Balaban J connectivity index is 2.33. The molecule has 11 heavy (non-hydrogen) atoms. The number of nitrogens with two attached hydrogens (primary N) is 1. The fourth-order valence-electron chi connectivity index (χ4n) is 1.05. The van der Waals surface area contributed by atoms with Gasteiger partial charge in [-0.3, -0.25) is 0 Å². The van der Waals surface area contributed by atoms with Gasteiger partial charge in [0.1, 0.15) is 0 Å². The molecule has 2 rings (SSSR count). The second kappa shape index (κ2) is 2.41. The zero-order chi connectivity index (χ0) is 7.84. The van der Waals surface area contributed by atoms with Crippen LogP contribution in [0, 0.1) is 0 Å². The summed E-state index contributed by atoms with van der Waals surface area (Å²) in [5, 5.41) is 8.76. The van der Waals surface area contributed by atoms with E-state index in [0.29, 0.717) is 5.92 Å². The van der Waals surface area contributed by atoms with Gasteiger partial charge in [-0.2, -0.15) is 0 Å². The van der Waals surface area contributed by atoms with E-state index < -0.39 is 0 Å². The van der Waals surface area contributed by atoms with Crippen molar-refractivity contribution in [3.8, 4) is 0 Å². The molecule has 0 atom stereocenters. The van der Waals surface area contributed by atoms with Crippen LogP contribution in [-0.2, 0) is 0 Å². The molecule has 1 aromatic heterocycles. The summed E-state index contributed by atoms with van der Waals surface area (Å²) >= 11 is 1.53. The van der Waals surface area contributed by atoms with Crippen molar-refractivity contribution in [2.24, 2.45) is 0 Å². The maximum absolute atomic E-state index is 5.73. The summed E-state index contributed by atoms with van der Waals surface area (Å²) in [6.45, 7) is 0. The highest BCUT2D eigenvalue weighted by molar-refractivity contribution is 7.98. The Bertz CT molecular complexity index is 266. The highest BCUT2D eigenvalue weighted by atomic mass is 32.2. The van der Waals surface area contributed by atoms with E-state index in [1.54, 1.807) is 4.68 Å². The molecule has 1 aromatic rings. The van der Waals surface area contributed by atoms with Crippen molar-refractivity contribution in [3.05, 3.63) is 5.82 Å². The maximum atomic E-state index is 5.73. The van der Waals surface area contributed by atoms with Crippen LogP contribution in [0.15, 0.2) is 5.16 Å². The number of nitrogen functional groups attached to an aromatic ring is 1. The molecule has 1 aliphatic carbocycles. The number of rotatable bonds is 2. The van der Waals surface area contributed by atoms with Gasteiger partial charge in [-0.15, -0.1) is 10.2 Å². The molecule has 0 spiro atoms. The fraction of sp³-hybridized carbons (Fsp3) is 0.667. The molecule has 1 heterocycles. The van der Waals surface area contributed by atoms with E-state index in [4.69, 9.17) is 5.84 Å². The van der Waals surface area contributed by atoms with E-state index in [9.17, 15) is 0 Å². The van der Waals surface area contributed by atoms with E-state index in [1.807, 2.05) is 6.26 Å². The zero-order valence-corrected chi connectivity index (χ0v) is 7.14. The average Bonchev–Trinajstić information content (AvgIpc) is 2.77. The van der Waals surface area contributed by atoms with Gasteiger partial charge in [0.05, 0.1) is 0 Å². The number of aromatic nitrogens is 3. The predicted octanol–water partition coefficient (Wildman–Crippen LogP) is 0.591. The van der Waals surface area contributed by atoms with Crippen LogP contribution in [0.3, 0.4) is 0 Å². The van der Waals surface area contributed by atoms with Gasteiger partial charge in [0.2, 0.25) is 5.16 Å². The van der Waals surface area contributed by atoms with E-state index in [-0.39, 0.29) is 0 Å². The van der Waals surface area contributed by atoms with Crippen molar-refractivity contribution in [2.75, 3.05) is 12.1 Å². The molecule has 0 aliphatic heterocycles. The van der Waals surface area contributed by atoms with Crippen molar-refractivity contribution in [2.45, 2.75) is 23.9 Å². The first kappa shape index (κ1) is 6.97. The monoisotopic (exact) mass is 170 g/mol. The van der Waals surface area contributed by atoms with Gasteiger partial charge in [0, 0.05) is 5.92 Å². The highest BCUT2D eigenvalue weighted by Gasteiger charge is 2.29. The molecule has 1 fully saturated rings. The summed E-state index contributed by atoms with van der Waals surface area (Å²) in [5.74, 6) is 7.24. The summed E-state index contributed by atoms with van der Waals surface area (Å²) in [4.78, 5) is 0. The molecule has 0 aromatic carbocycles. The smallest absolute Gasteiger partial charge is 0.209 e. The van der Waals surface area contributed by atoms with E-state index in [1.165, 1.54) is 24.6 Å². The third-order valence-corrected chi connectivity index (χ3v) is 2.46. The largest absolute Gasteiger partial charge is 0.336 e. The molecule has 5 heteroatoms. The summed E-state index contributed by atoms with van der Waals surface area (Å²) < 4.78 is 1.60. The molecule has 1 aliphatic rings. The third kappa shape index (κ3) is 1.09. The van der Waals surface area contributed by atoms with Crippen molar-refractivity contribution >= 4 is 11.8 Å². The Morgan fingerprint density at radius 3 is 2.73 bits per heavy atom. The lowest BCUT2D eigenvalue weighted by atomic mass is 10.4. The molecule has 60 valence electrons.